The molecular weight excluding hydrogens is 959 g/mol. The van der Waals surface area contributed by atoms with E-state index in [4.69, 9.17) is 19.7 Å². The first-order valence-electron chi connectivity index (χ1n) is 25.8. The van der Waals surface area contributed by atoms with Crippen molar-refractivity contribution in [3.05, 3.63) is 295 Å². The van der Waals surface area contributed by atoms with Crippen LogP contribution in [0.15, 0.2) is 273 Å². The zero-order chi connectivity index (χ0) is 50.2. The van der Waals surface area contributed by atoms with Gasteiger partial charge in [0.05, 0.1) is 11.0 Å². The summed E-state index contributed by atoms with van der Waals surface area (Å²) in [6.45, 7) is 0. The summed E-state index contributed by atoms with van der Waals surface area (Å²) in [6.07, 6.45) is 0. The number of ether oxygens (including phenoxy) is 1. The predicted molar refractivity (Wildman–Crippen MR) is 315 cm³/mol. The molecule has 0 bridgehead atoms. The summed E-state index contributed by atoms with van der Waals surface area (Å²) in [7, 11) is -2.93. The van der Waals surface area contributed by atoms with Crippen LogP contribution >= 0.6 is 11.3 Å². The molecule has 6 heteroatoms. The van der Waals surface area contributed by atoms with Crippen molar-refractivity contribution in [2.75, 3.05) is 0 Å². The monoisotopic (exact) mass is 1000 g/mol. The smallest absolute Gasteiger partial charge is 0.179 e. The predicted octanol–water partition coefficient (Wildman–Crippen LogP) is 14.8. The third-order valence-corrected chi connectivity index (χ3v) is 21.7. The molecule has 1 aliphatic heterocycles. The Morgan fingerprint density at radius 2 is 0.803 bits per heavy atom. The van der Waals surface area contributed by atoms with Crippen molar-refractivity contribution in [3.8, 4) is 67.9 Å². The zero-order valence-electron chi connectivity index (χ0n) is 41.1. The molecule has 3 heterocycles. The van der Waals surface area contributed by atoms with Crippen molar-refractivity contribution in [3.63, 3.8) is 0 Å². The Hall–Kier alpha value is -9.33. The summed E-state index contributed by atoms with van der Waals surface area (Å²) in [6, 6.07) is 98.9. The topological polar surface area (TPSA) is 47.9 Å². The number of hydrogen-bond acceptors (Lipinski definition) is 5. The highest BCUT2D eigenvalue weighted by Crippen LogP contribution is 2.63. The summed E-state index contributed by atoms with van der Waals surface area (Å²) < 4.78 is 9.78. The highest BCUT2D eigenvalue weighted by Gasteiger charge is 2.51. The molecule has 15 rings (SSSR count). The molecule has 0 N–H and O–H groups in total. The number of nitrogens with zero attached hydrogens (tertiary/aromatic N) is 3. The van der Waals surface area contributed by atoms with Crippen molar-refractivity contribution in [2.45, 2.75) is 5.41 Å². The van der Waals surface area contributed by atoms with Crippen LogP contribution < -0.4 is 25.5 Å². The summed E-state index contributed by atoms with van der Waals surface area (Å²) in [5.74, 6) is 3.23. The first-order valence-corrected chi connectivity index (χ1v) is 28.6. The lowest BCUT2D eigenvalue weighted by atomic mass is 9.66. The number of fused-ring (bicyclic) bond motifs is 12. The van der Waals surface area contributed by atoms with Gasteiger partial charge < -0.3 is 4.74 Å². The molecule has 0 amide bonds. The van der Waals surface area contributed by atoms with E-state index in [1.165, 1.54) is 63.2 Å². The maximum Gasteiger partial charge on any atom is 0.179 e. The van der Waals surface area contributed by atoms with Crippen LogP contribution in [0, 0.1) is 0 Å². The average Bonchev–Trinajstić information content (AvgIpc) is 4.18. The zero-order valence-corrected chi connectivity index (χ0v) is 43.0. The maximum absolute atomic E-state index is 7.25. The third-order valence-electron chi connectivity index (χ3n) is 15.8. The molecular formula is C70H45N3OSSi. The van der Waals surface area contributed by atoms with E-state index in [-0.39, 0.29) is 0 Å². The lowest BCUT2D eigenvalue weighted by Crippen LogP contribution is -2.74. The molecule has 0 saturated carbocycles. The van der Waals surface area contributed by atoms with E-state index in [1.807, 2.05) is 11.3 Å². The first-order chi connectivity index (χ1) is 37.7. The van der Waals surface area contributed by atoms with Gasteiger partial charge in [-0.05, 0) is 84.5 Å². The molecule has 13 aromatic rings. The van der Waals surface area contributed by atoms with Gasteiger partial charge in [-0.25, -0.2) is 15.0 Å². The fraction of sp³-hybridized carbons (Fsp3) is 0.0143. The van der Waals surface area contributed by atoms with Crippen LogP contribution in [0.5, 0.6) is 11.5 Å². The van der Waals surface area contributed by atoms with Crippen molar-refractivity contribution < 1.29 is 4.74 Å². The summed E-state index contributed by atoms with van der Waals surface area (Å²) in [5.41, 5.74) is 11.1. The quantitative estimate of drug-likeness (QED) is 0.112. The van der Waals surface area contributed by atoms with Crippen LogP contribution in [0.1, 0.15) is 22.3 Å². The molecule has 76 heavy (non-hydrogen) atoms. The van der Waals surface area contributed by atoms with E-state index < -0.39 is 13.5 Å². The van der Waals surface area contributed by atoms with E-state index in [0.29, 0.717) is 17.5 Å². The van der Waals surface area contributed by atoms with Crippen molar-refractivity contribution in [2.24, 2.45) is 0 Å². The van der Waals surface area contributed by atoms with E-state index in [0.717, 1.165) is 50.4 Å². The van der Waals surface area contributed by atoms with Gasteiger partial charge in [0.1, 0.15) is 11.5 Å². The number of para-hydroxylation sites is 2. The van der Waals surface area contributed by atoms with Gasteiger partial charge in [0.25, 0.3) is 0 Å². The normalized spacial score (nSPS) is 12.9. The molecule has 2 aromatic heterocycles. The van der Waals surface area contributed by atoms with Gasteiger partial charge in [0.15, 0.2) is 25.5 Å². The van der Waals surface area contributed by atoms with Gasteiger partial charge >= 0.3 is 0 Å². The molecule has 11 aromatic carbocycles. The highest BCUT2D eigenvalue weighted by atomic mass is 32.1. The molecule has 1 spiro atoms. The molecule has 0 atom stereocenters. The molecule has 0 radical (unpaired) electrons. The Morgan fingerprint density at radius 3 is 1.49 bits per heavy atom. The van der Waals surface area contributed by atoms with Crippen LogP contribution in [-0.4, -0.2) is 23.0 Å². The Bertz CT molecular complexity index is 4260. The minimum absolute atomic E-state index is 0.531. The van der Waals surface area contributed by atoms with E-state index in [1.54, 1.807) is 0 Å². The van der Waals surface area contributed by atoms with Gasteiger partial charge in [-0.1, -0.05) is 243 Å². The standard InChI is InChI=1S/C70H45N3OSSi/c1-4-23-48(24-5-1)76(49-25-6-2-7-26-49,50-27-8-3-9-28-50)51-29-20-22-47(44-51)67-71-68(56-34-11-10-30-52(56)46-42-43-65-58(45-46)55-33-14-19-41-64(55)75-65)73-69(72-67)57-35-21-39-62-66(57)74-63-40-18-17-38-61(63)70(62)59-36-15-12-31-53(59)54-32-13-16-37-60(54)70/h1-45H. The van der Waals surface area contributed by atoms with Crippen molar-refractivity contribution in [1.29, 1.82) is 0 Å². The fourth-order valence-electron chi connectivity index (χ4n) is 12.6. The SMILES string of the molecule is c1ccc([Si](c2ccccc2)(c2ccccc2)c2cccc(-c3nc(-c4ccccc4-c4ccc5sc6ccccc6c5c4)nc(-c4cccc5c4Oc4ccccc4C54c5ccccc5-c5ccccc54)n3)c2)cc1. The average molecular weight is 1000 g/mol. The van der Waals surface area contributed by atoms with E-state index >= 15 is 0 Å². The van der Waals surface area contributed by atoms with Gasteiger partial charge in [0.2, 0.25) is 0 Å². The molecule has 0 unspecified atom stereocenters. The summed E-state index contributed by atoms with van der Waals surface area (Å²) in [4.78, 5) is 16.7. The molecule has 356 valence electrons. The van der Waals surface area contributed by atoms with E-state index in [9.17, 15) is 0 Å². The second kappa shape index (κ2) is 17.7. The van der Waals surface area contributed by atoms with Crippen LogP contribution in [-0.2, 0) is 5.41 Å². The molecule has 4 nitrogen and oxygen atoms in total. The molecule has 0 saturated heterocycles. The van der Waals surface area contributed by atoms with Crippen LogP contribution in [0.25, 0.3) is 76.6 Å². The second-order valence-electron chi connectivity index (χ2n) is 19.7. The van der Waals surface area contributed by atoms with Crippen molar-refractivity contribution >= 4 is 60.3 Å². The number of rotatable bonds is 8. The van der Waals surface area contributed by atoms with Gasteiger partial charge in [-0.2, -0.15) is 0 Å². The Labute approximate surface area is 446 Å². The largest absolute Gasteiger partial charge is 0.456 e. The first kappa shape index (κ1) is 44.2. The maximum atomic E-state index is 7.25. The number of benzene rings is 11. The van der Waals surface area contributed by atoms with Gasteiger partial charge in [-0.3, -0.25) is 0 Å². The van der Waals surface area contributed by atoms with Crippen LogP contribution in [0.4, 0.5) is 0 Å². The fourth-order valence-corrected chi connectivity index (χ4v) is 18.5. The molecule has 2 aliphatic rings. The second-order valence-corrected chi connectivity index (χ2v) is 24.6. The van der Waals surface area contributed by atoms with E-state index in [2.05, 4.69) is 273 Å². The summed E-state index contributed by atoms with van der Waals surface area (Å²) in [5, 5.41) is 7.61. The van der Waals surface area contributed by atoms with Gasteiger partial charge in [-0.15, -0.1) is 11.3 Å². The molecule has 1 aliphatic carbocycles. The minimum atomic E-state index is -2.93. The Kier molecular flexibility index (Phi) is 10.3. The highest BCUT2D eigenvalue weighted by molar-refractivity contribution is 7.25. The van der Waals surface area contributed by atoms with Crippen molar-refractivity contribution in [1.82, 2.24) is 15.0 Å². The lowest BCUT2D eigenvalue weighted by molar-refractivity contribution is 0.437. The van der Waals surface area contributed by atoms with Gasteiger partial charge in [0, 0.05) is 42.4 Å². The number of thiophene rings is 1. The molecule has 0 fully saturated rings. The van der Waals surface area contributed by atoms with Crippen LogP contribution in [0.2, 0.25) is 0 Å². The lowest BCUT2D eigenvalue weighted by Gasteiger charge is -2.39. The Balaban J connectivity index is 0.989. The third kappa shape index (κ3) is 6.64. The Morgan fingerprint density at radius 1 is 0.316 bits per heavy atom. The number of hydrogen-bond donors (Lipinski definition) is 0. The number of aromatic nitrogens is 3. The minimum Gasteiger partial charge on any atom is -0.456 e. The van der Waals surface area contributed by atoms with Crippen LogP contribution in [0.3, 0.4) is 0 Å². The summed E-state index contributed by atoms with van der Waals surface area (Å²) >= 11 is 1.83.